The molecule has 2 rings (SSSR count). The highest BCUT2D eigenvalue weighted by molar-refractivity contribution is 4.89. The number of hydrogen-bond donors (Lipinski definition) is 1. The molecule has 2 nitrogen and oxygen atoms in total. The van der Waals surface area contributed by atoms with E-state index in [9.17, 15) is 13.2 Å². The van der Waals surface area contributed by atoms with Crippen LogP contribution in [-0.4, -0.2) is 32.0 Å². The van der Waals surface area contributed by atoms with Gasteiger partial charge in [-0.3, -0.25) is 0 Å². The fourth-order valence-electron chi connectivity index (χ4n) is 3.93. The van der Waals surface area contributed by atoms with E-state index < -0.39 is 12.1 Å². The van der Waals surface area contributed by atoms with Crippen LogP contribution in [0.2, 0.25) is 0 Å². The molecule has 1 heterocycles. The van der Waals surface area contributed by atoms with Gasteiger partial charge >= 0.3 is 6.18 Å². The van der Waals surface area contributed by atoms with Crippen molar-refractivity contribution in [2.75, 3.05) is 19.8 Å². The smallest absolute Gasteiger partial charge is 0.381 e. The quantitative estimate of drug-likeness (QED) is 0.824. The summed E-state index contributed by atoms with van der Waals surface area (Å²) >= 11 is 0. The third-order valence-electron chi connectivity index (χ3n) is 5.02. The van der Waals surface area contributed by atoms with Crippen molar-refractivity contribution in [1.82, 2.24) is 5.32 Å². The number of nitrogens with one attached hydrogen (secondary N) is 1. The van der Waals surface area contributed by atoms with Gasteiger partial charge in [0.25, 0.3) is 0 Å². The summed E-state index contributed by atoms with van der Waals surface area (Å²) in [5.74, 6) is -0.586. The maximum absolute atomic E-state index is 13.0. The number of rotatable bonds is 5. The highest BCUT2D eigenvalue weighted by Crippen LogP contribution is 2.42. The lowest BCUT2D eigenvalue weighted by atomic mass is 9.73. The monoisotopic (exact) mass is 307 g/mol. The molecule has 21 heavy (non-hydrogen) atoms. The highest BCUT2D eigenvalue weighted by Gasteiger charge is 2.44. The van der Waals surface area contributed by atoms with Gasteiger partial charge in [-0.2, -0.15) is 13.2 Å². The van der Waals surface area contributed by atoms with Crippen LogP contribution in [0.4, 0.5) is 13.2 Å². The number of ether oxygens (including phenoxy) is 1. The van der Waals surface area contributed by atoms with E-state index in [2.05, 4.69) is 12.2 Å². The van der Waals surface area contributed by atoms with Crippen LogP contribution in [-0.2, 0) is 4.74 Å². The van der Waals surface area contributed by atoms with Crippen molar-refractivity contribution in [1.29, 1.82) is 0 Å². The van der Waals surface area contributed by atoms with Crippen LogP contribution < -0.4 is 5.32 Å². The van der Waals surface area contributed by atoms with E-state index >= 15 is 0 Å². The fraction of sp³-hybridized carbons (Fsp3) is 1.00. The molecule has 0 aromatic rings. The van der Waals surface area contributed by atoms with Crippen LogP contribution in [0.5, 0.6) is 0 Å². The molecule has 5 heteroatoms. The normalized spacial score (nSPS) is 32.9. The van der Waals surface area contributed by atoms with Gasteiger partial charge in [-0.1, -0.05) is 13.3 Å². The first kappa shape index (κ1) is 17.1. The molecule has 4 atom stereocenters. The second kappa shape index (κ2) is 7.82. The first-order chi connectivity index (χ1) is 10.0. The molecule has 1 aliphatic heterocycles. The molecule has 1 aliphatic carbocycles. The Hall–Kier alpha value is -0.290. The standard InChI is InChI=1S/C16H28F3NO/c1-2-8-20-15(13-6-4-9-21-11-13)12-5-3-7-14(10-12)16(17,18)19/h12-15,20H,2-11H2,1H3. The zero-order chi connectivity index (χ0) is 15.3. The van der Waals surface area contributed by atoms with E-state index in [-0.39, 0.29) is 12.0 Å². The minimum Gasteiger partial charge on any atom is -0.381 e. The molecule has 0 amide bonds. The van der Waals surface area contributed by atoms with Gasteiger partial charge in [0.2, 0.25) is 0 Å². The summed E-state index contributed by atoms with van der Waals surface area (Å²) in [5.41, 5.74) is 0. The summed E-state index contributed by atoms with van der Waals surface area (Å²) in [6.45, 7) is 4.48. The summed E-state index contributed by atoms with van der Waals surface area (Å²) in [7, 11) is 0. The second-order valence-electron chi connectivity index (χ2n) is 6.62. The van der Waals surface area contributed by atoms with Crippen LogP contribution in [0.15, 0.2) is 0 Å². The van der Waals surface area contributed by atoms with Crippen molar-refractivity contribution < 1.29 is 17.9 Å². The SMILES string of the molecule is CCCNC(C1CCCOC1)C1CCCC(C(F)(F)F)C1. The second-order valence-corrected chi connectivity index (χ2v) is 6.62. The first-order valence-corrected chi connectivity index (χ1v) is 8.40. The Kier molecular flexibility index (Phi) is 6.35. The maximum Gasteiger partial charge on any atom is 0.391 e. The summed E-state index contributed by atoms with van der Waals surface area (Å²) in [4.78, 5) is 0. The van der Waals surface area contributed by atoms with Crippen molar-refractivity contribution in [3.63, 3.8) is 0 Å². The van der Waals surface area contributed by atoms with Gasteiger partial charge in [-0.15, -0.1) is 0 Å². The Morgan fingerprint density at radius 1 is 1.14 bits per heavy atom. The Balaban J connectivity index is 2.00. The topological polar surface area (TPSA) is 21.3 Å². The van der Waals surface area contributed by atoms with Crippen LogP contribution in [0.3, 0.4) is 0 Å². The minimum atomic E-state index is -4.03. The summed E-state index contributed by atoms with van der Waals surface area (Å²) in [5, 5.41) is 3.53. The average molecular weight is 307 g/mol. The molecule has 4 unspecified atom stereocenters. The van der Waals surface area contributed by atoms with E-state index in [4.69, 9.17) is 4.74 Å². The van der Waals surface area contributed by atoms with Gasteiger partial charge in [-0.25, -0.2) is 0 Å². The molecule has 0 spiro atoms. The summed E-state index contributed by atoms with van der Waals surface area (Å²) in [6.07, 6.45) is 1.32. The fourth-order valence-corrected chi connectivity index (χ4v) is 3.93. The zero-order valence-corrected chi connectivity index (χ0v) is 12.9. The molecule has 1 N–H and O–H groups in total. The summed E-state index contributed by atoms with van der Waals surface area (Å²) < 4.78 is 44.6. The maximum atomic E-state index is 13.0. The molecule has 0 bridgehead atoms. The molecule has 0 aromatic heterocycles. The number of alkyl halides is 3. The Bertz CT molecular complexity index is 302. The summed E-state index contributed by atoms with van der Waals surface area (Å²) in [6, 6.07) is 0.190. The van der Waals surface area contributed by atoms with Crippen molar-refractivity contribution in [2.45, 2.75) is 64.1 Å². The molecule has 0 radical (unpaired) electrons. The Morgan fingerprint density at radius 3 is 2.52 bits per heavy atom. The van der Waals surface area contributed by atoms with E-state index in [1.54, 1.807) is 0 Å². The van der Waals surface area contributed by atoms with Gasteiger partial charge in [-0.05, 0) is 56.9 Å². The van der Waals surface area contributed by atoms with E-state index in [1.807, 2.05) is 0 Å². The molecular formula is C16H28F3NO. The molecule has 124 valence electrons. The molecule has 0 aromatic carbocycles. The predicted molar refractivity (Wildman–Crippen MR) is 77.1 cm³/mol. The van der Waals surface area contributed by atoms with Crippen molar-refractivity contribution in [3.8, 4) is 0 Å². The van der Waals surface area contributed by atoms with E-state index in [1.165, 1.54) is 0 Å². The van der Waals surface area contributed by atoms with Crippen molar-refractivity contribution >= 4 is 0 Å². The first-order valence-electron chi connectivity index (χ1n) is 8.40. The molecule has 1 saturated heterocycles. The average Bonchev–Trinajstić information content (AvgIpc) is 2.48. The largest absolute Gasteiger partial charge is 0.391 e. The van der Waals surface area contributed by atoms with Crippen molar-refractivity contribution in [2.24, 2.45) is 17.8 Å². The van der Waals surface area contributed by atoms with Gasteiger partial charge in [0.15, 0.2) is 0 Å². The zero-order valence-electron chi connectivity index (χ0n) is 12.9. The predicted octanol–water partition coefficient (Wildman–Crippen LogP) is 4.15. The lowest BCUT2D eigenvalue weighted by Crippen LogP contribution is -2.48. The van der Waals surface area contributed by atoms with Crippen LogP contribution >= 0.6 is 0 Å². The Labute approximate surface area is 125 Å². The van der Waals surface area contributed by atoms with Gasteiger partial charge < -0.3 is 10.1 Å². The molecule has 2 aliphatic rings. The van der Waals surface area contributed by atoms with Crippen LogP contribution in [0.1, 0.15) is 51.9 Å². The van der Waals surface area contributed by atoms with Gasteiger partial charge in [0.1, 0.15) is 0 Å². The number of halogens is 3. The number of hydrogen-bond acceptors (Lipinski definition) is 2. The van der Waals surface area contributed by atoms with E-state index in [0.717, 1.165) is 38.8 Å². The van der Waals surface area contributed by atoms with Gasteiger partial charge in [0, 0.05) is 12.6 Å². The van der Waals surface area contributed by atoms with Gasteiger partial charge in [0.05, 0.1) is 12.5 Å². The molecule has 2 fully saturated rings. The van der Waals surface area contributed by atoms with E-state index in [0.29, 0.717) is 31.8 Å². The van der Waals surface area contributed by atoms with Crippen molar-refractivity contribution in [3.05, 3.63) is 0 Å². The Morgan fingerprint density at radius 2 is 1.90 bits per heavy atom. The lowest BCUT2D eigenvalue weighted by molar-refractivity contribution is -0.187. The third-order valence-corrected chi connectivity index (χ3v) is 5.02. The third kappa shape index (κ3) is 4.85. The minimum absolute atomic E-state index is 0.142. The molecule has 1 saturated carbocycles. The highest BCUT2D eigenvalue weighted by atomic mass is 19.4. The van der Waals surface area contributed by atoms with Crippen LogP contribution in [0.25, 0.3) is 0 Å². The van der Waals surface area contributed by atoms with Crippen LogP contribution in [0, 0.1) is 17.8 Å². The lowest BCUT2D eigenvalue weighted by Gasteiger charge is -2.40. The molecular weight excluding hydrogens is 279 g/mol.